The lowest BCUT2D eigenvalue weighted by Gasteiger charge is -2.34. The fourth-order valence-electron chi connectivity index (χ4n) is 3.29. The Kier molecular flexibility index (Phi) is 7.06. The summed E-state index contributed by atoms with van der Waals surface area (Å²) in [6.07, 6.45) is 2.15. The molecule has 1 aliphatic rings. The number of piperidine rings is 1. The van der Waals surface area contributed by atoms with Gasteiger partial charge in [-0.25, -0.2) is 9.78 Å². The minimum absolute atomic E-state index is 0.00453. The summed E-state index contributed by atoms with van der Waals surface area (Å²) in [6, 6.07) is 0.00453. The first-order chi connectivity index (χ1) is 12.3. The van der Waals surface area contributed by atoms with Crippen molar-refractivity contribution in [2.75, 3.05) is 19.7 Å². The first-order valence-electron chi connectivity index (χ1n) is 9.50. The lowest BCUT2D eigenvalue weighted by atomic mass is 9.90. The molecule has 1 atom stereocenters. The fraction of sp³-hybridized carbons (Fsp3) is 0.737. The molecule has 1 aliphatic heterocycles. The van der Waals surface area contributed by atoms with Gasteiger partial charge in [-0.1, -0.05) is 13.8 Å². The molecule has 146 valence electrons. The Bertz CT molecular complexity index is 618. The van der Waals surface area contributed by atoms with Crippen molar-refractivity contribution in [3.05, 3.63) is 17.3 Å². The zero-order valence-electron chi connectivity index (χ0n) is 16.5. The van der Waals surface area contributed by atoms with Crippen molar-refractivity contribution < 1.29 is 18.7 Å². The van der Waals surface area contributed by atoms with E-state index in [-0.39, 0.29) is 18.0 Å². The van der Waals surface area contributed by atoms with Crippen LogP contribution in [-0.2, 0) is 11.2 Å². The molecule has 0 spiro atoms. The Morgan fingerprint density at radius 2 is 1.96 bits per heavy atom. The molecular formula is C19H31N3O4. The Morgan fingerprint density at radius 1 is 1.31 bits per heavy atom. The maximum Gasteiger partial charge on any atom is 0.409 e. The van der Waals surface area contributed by atoms with Crippen LogP contribution in [0.5, 0.6) is 0 Å². The highest BCUT2D eigenvalue weighted by Gasteiger charge is 2.29. The van der Waals surface area contributed by atoms with Crippen molar-refractivity contribution in [3.63, 3.8) is 0 Å². The molecule has 1 saturated heterocycles. The smallest absolute Gasteiger partial charge is 0.409 e. The summed E-state index contributed by atoms with van der Waals surface area (Å²) >= 11 is 0. The summed E-state index contributed by atoms with van der Waals surface area (Å²) in [7, 11) is 0. The van der Waals surface area contributed by atoms with Crippen LogP contribution in [-0.4, -0.2) is 47.6 Å². The number of likely N-dealkylation sites (tertiary alicyclic amines) is 1. The van der Waals surface area contributed by atoms with Gasteiger partial charge in [-0.05, 0) is 45.4 Å². The van der Waals surface area contributed by atoms with Crippen LogP contribution in [0.2, 0.25) is 0 Å². The molecule has 0 radical (unpaired) electrons. The number of nitrogens with one attached hydrogen (secondary N) is 1. The maximum absolute atomic E-state index is 12.5. The van der Waals surface area contributed by atoms with Gasteiger partial charge in [0.15, 0.2) is 5.89 Å². The fourth-order valence-corrected chi connectivity index (χ4v) is 3.29. The van der Waals surface area contributed by atoms with Gasteiger partial charge in [-0.3, -0.25) is 4.79 Å². The van der Waals surface area contributed by atoms with Crippen LogP contribution in [0.1, 0.15) is 62.7 Å². The van der Waals surface area contributed by atoms with Gasteiger partial charge in [0.2, 0.25) is 5.76 Å². The average molecular weight is 365 g/mol. The van der Waals surface area contributed by atoms with Crippen molar-refractivity contribution in [3.8, 4) is 0 Å². The summed E-state index contributed by atoms with van der Waals surface area (Å²) in [5.74, 6) is 1.44. The second-order valence-corrected chi connectivity index (χ2v) is 7.41. The second kappa shape index (κ2) is 9.05. The lowest BCUT2D eigenvalue weighted by molar-refractivity contribution is 0.0801. The quantitative estimate of drug-likeness (QED) is 0.837. The van der Waals surface area contributed by atoms with Crippen LogP contribution in [0.3, 0.4) is 0 Å². The van der Waals surface area contributed by atoms with Crippen LogP contribution in [0.25, 0.3) is 0 Å². The number of hydrogen-bond acceptors (Lipinski definition) is 5. The van der Waals surface area contributed by atoms with Crippen molar-refractivity contribution in [2.45, 2.75) is 59.9 Å². The minimum Gasteiger partial charge on any atom is -0.450 e. The third-order valence-corrected chi connectivity index (χ3v) is 4.76. The molecule has 1 fully saturated rings. The highest BCUT2D eigenvalue weighted by Crippen LogP contribution is 2.22. The monoisotopic (exact) mass is 365 g/mol. The molecule has 2 rings (SSSR count). The molecular weight excluding hydrogens is 334 g/mol. The molecule has 2 amide bonds. The van der Waals surface area contributed by atoms with Gasteiger partial charge in [-0.2, -0.15) is 0 Å². The normalized spacial score (nSPS) is 16.6. The predicted molar refractivity (Wildman–Crippen MR) is 98.0 cm³/mol. The second-order valence-electron chi connectivity index (χ2n) is 7.41. The number of nitrogens with zero attached hydrogens (tertiary/aromatic N) is 2. The zero-order chi connectivity index (χ0) is 19.3. The summed E-state index contributed by atoms with van der Waals surface area (Å²) in [4.78, 5) is 30.4. The lowest BCUT2D eigenvalue weighted by Crippen LogP contribution is -2.45. The molecule has 0 aromatic carbocycles. The Morgan fingerprint density at radius 3 is 2.54 bits per heavy atom. The number of oxazole rings is 1. The van der Waals surface area contributed by atoms with Crippen LogP contribution in [0.4, 0.5) is 4.79 Å². The standard InChI is InChI=1S/C19H31N3O4/c1-6-25-19(24)22-9-7-15(8-10-22)13(4)21-18(23)17-14(5)20-16(26-17)11-12(2)3/h12-13,15H,6-11H2,1-5H3,(H,21,23)/t13-/m0/s1. The van der Waals surface area contributed by atoms with E-state index >= 15 is 0 Å². The number of carbonyl (C=O) groups is 2. The van der Waals surface area contributed by atoms with E-state index in [0.29, 0.717) is 48.9 Å². The van der Waals surface area contributed by atoms with Gasteiger partial charge in [0.25, 0.3) is 5.91 Å². The molecule has 0 saturated carbocycles. The average Bonchev–Trinajstić information content (AvgIpc) is 2.94. The summed E-state index contributed by atoms with van der Waals surface area (Å²) in [5.41, 5.74) is 0.627. The summed E-state index contributed by atoms with van der Waals surface area (Å²) < 4.78 is 10.7. The van der Waals surface area contributed by atoms with Crippen molar-refractivity contribution in [1.29, 1.82) is 0 Å². The first-order valence-corrected chi connectivity index (χ1v) is 9.50. The third-order valence-electron chi connectivity index (χ3n) is 4.76. The van der Waals surface area contributed by atoms with Gasteiger partial charge in [0.05, 0.1) is 12.3 Å². The van der Waals surface area contributed by atoms with E-state index in [4.69, 9.17) is 9.15 Å². The van der Waals surface area contributed by atoms with Gasteiger partial charge in [-0.15, -0.1) is 0 Å². The third kappa shape index (κ3) is 5.22. The number of ether oxygens (including phenoxy) is 1. The first kappa shape index (κ1) is 20.3. The SMILES string of the molecule is CCOC(=O)N1CCC([C@H](C)NC(=O)c2oc(CC(C)C)nc2C)CC1. The Balaban J connectivity index is 1.88. The number of rotatable bonds is 6. The topological polar surface area (TPSA) is 84.7 Å². The highest BCUT2D eigenvalue weighted by molar-refractivity contribution is 5.92. The van der Waals surface area contributed by atoms with Gasteiger partial charge in [0.1, 0.15) is 0 Å². The van der Waals surface area contributed by atoms with Crippen LogP contribution >= 0.6 is 0 Å². The molecule has 2 heterocycles. The van der Waals surface area contributed by atoms with E-state index < -0.39 is 0 Å². The van der Waals surface area contributed by atoms with Gasteiger partial charge < -0.3 is 19.4 Å². The predicted octanol–water partition coefficient (Wildman–Crippen LogP) is 3.17. The van der Waals surface area contributed by atoms with Gasteiger partial charge >= 0.3 is 6.09 Å². The summed E-state index contributed by atoms with van der Waals surface area (Å²) in [6.45, 7) is 11.5. The van der Waals surface area contributed by atoms with Crippen molar-refractivity contribution in [2.24, 2.45) is 11.8 Å². The van der Waals surface area contributed by atoms with E-state index in [9.17, 15) is 9.59 Å². The number of hydrogen-bond donors (Lipinski definition) is 1. The Hall–Kier alpha value is -2.05. The van der Waals surface area contributed by atoms with E-state index in [1.54, 1.807) is 18.7 Å². The van der Waals surface area contributed by atoms with E-state index in [1.165, 1.54) is 0 Å². The van der Waals surface area contributed by atoms with Gasteiger partial charge in [0, 0.05) is 25.6 Å². The molecule has 26 heavy (non-hydrogen) atoms. The molecule has 7 heteroatoms. The number of carbonyl (C=O) groups excluding carboxylic acids is 2. The molecule has 1 aromatic rings. The Labute approximate surface area is 155 Å². The van der Waals surface area contributed by atoms with Crippen LogP contribution in [0.15, 0.2) is 4.42 Å². The van der Waals surface area contributed by atoms with Crippen LogP contribution < -0.4 is 5.32 Å². The van der Waals surface area contributed by atoms with Crippen molar-refractivity contribution in [1.82, 2.24) is 15.2 Å². The van der Waals surface area contributed by atoms with E-state index in [0.717, 1.165) is 19.3 Å². The van der Waals surface area contributed by atoms with Crippen LogP contribution in [0, 0.1) is 18.8 Å². The van der Waals surface area contributed by atoms with Crippen molar-refractivity contribution >= 4 is 12.0 Å². The zero-order valence-corrected chi connectivity index (χ0v) is 16.5. The molecule has 1 aromatic heterocycles. The minimum atomic E-state index is -0.252. The van der Waals surface area contributed by atoms with E-state index in [2.05, 4.69) is 24.1 Å². The molecule has 7 nitrogen and oxygen atoms in total. The molecule has 0 unspecified atom stereocenters. The molecule has 0 aliphatic carbocycles. The highest BCUT2D eigenvalue weighted by atomic mass is 16.6. The molecule has 0 bridgehead atoms. The summed E-state index contributed by atoms with van der Waals surface area (Å²) in [5, 5.41) is 3.04. The largest absolute Gasteiger partial charge is 0.450 e. The number of aromatic nitrogens is 1. The number of aryl methyl sites for hydroxylation is 1. The molecule has 1 N–H and O–H groups in total. The number of amides is 2. The van der Waals surface area contributed by atoms with E-state index in [1.807, 2.05) is 6.92 Å². The maximum atomic E-state index is 12.5.